The third-order valence-corrected chi connectivity index (χ3v) is 3.29. The van der Waals surface area contributed by atoms with Crippen molar-refractivity contribution in [3.63, 3.8) is 0 Å². The fraction of sp³-hybridized carbons (Fsp3) is 0.357. The van der Waals surface area contributed by atoms with Gasteiger partial charge < -0.3 is 9.73 Å². The van der Waals surface area contributed by atoms with Gasteiger partial charge in [-0.3, -0.25) is 0 Å². The van der Waals surface area contributed by atoms with Crippen molar-refractivity contribution in [3.8, 4) is 11.3 Å². The molecular weight excluding hydrogens is 311 g/mol. The fourth-order valence-corrected chi connectivity index (χ4v) is 2.14. The SMILES string of the molecule is CC(C)CNCc1ncoc1-c1cccc(Br)c1F. The molecule has 0 amide bonds. The van der Waals surface area contributed by atoms with Crippen molar-refractivity contribution in [2.45, 2.75) is 20.4 Å². The lowest BCUT2D eigenvalue weighted by molar-refractivity contribution is 0.542. The largest absolute Gasteiger partial charge is 0.443 e. The smallest absolute Gasteiger partial charge is 0.181 e. The Labute approximate surface area is 120 Å². The van der Waals surface area contributed by atoms with Crippen molar-refractivity contribution in [1.82, 2.24) is 10.3 Å². The van der Waals surface area contributed by atoms with E-state index in [1.165, 1.54) is 6.39 Å². The summed E-state index contributed by atoms with van der Waals surface area (Å²) in [5, 5.41) is 3.27. The molecule has 0 aliphatic carbocycles. The summed E-state index contributed by atoms with van der Waals surface area (Å²) in [6, 6.07) is 5.12. The molecule has 0 unspecified atom stereocenters. The van der Waals surface area contributed by atoms with Gasteiger partial charge >= 0.3 is 0 Å². The highest BCUT2D eigenvalue weighted by atomic mass is 79.9. The maximum absolute atomic E-state index is 14.0. The van der Waals surface area contributed by atoms with Crippen LogP contribution in [0.3, 0.4) is 0 Å². The number of hydrogen-bond donors (Lipinski definition) is 1. The van der Waals surface area contributed by atoms with Gasteiger partial charge in [-0.15, -0.1) is 0 Å². The average Bonchev–Trinajstić information content (AvgIpc) is 2.80. The first-order chi connectivity index (χ1) is 9.09. The zero-order chi connectivity index (χ0) is 13.8. The Bertz CT molecular complexity index is 554. The molecule has 1 aromatic heterocycles. The molecule has 0 aliphatic heterocycles. The monoisotopic (exact) mass is 326 g/mol. The van der Waals surface area contributed by atoms with Crippen LogP contribution < -0.4 is 5.32 Å². The Balaban J connectivity index is 2.21. The van der Waals surface area contributed by atoms with Crippen LogP contribution in [0.25, 0.3) is 11.3 Å². The highest BCUT2D eigenvalue weighted by Gasteiger charge is 2.16. The Morgan fingerprint density at radius 3 is 2.95 bits per heavy atom. The van der Waals surface area contributed by atoms with Crippen LogP contribution in [0.1, 0.15) is 19.5 Å². The third-order valence-electron chi connectivity index (χ3n) is 2.68. The van der Waals surface area contributed by atoms with Crippen LogP contribution in [0, 0.1) is 11.7 Å². The molecule has 0 bridgehead atoms. The Morgan fingerprint density at radius 1 is 1.42 bits per heavy atom. The molecule has 19 heavy (non-hydrogen) atoms. The molecule has 1 N–H and O–H groups in total. The standard InChI is InChI=1S/C14H16BrFN2O/c1-9(2)6-17-7-12-14(19-8-18-12)10-4-3-5-11(15)13(10)16/h3-5,8-9,17H,6-7H2,1-2H3. The van der Waals surface area contributed by atoms with Crippen molar-refractivity contribution >= 4 is 15.9 Å². The summed E-state index contributed by atoms with van der Waals surface area (Å²) < 4.78 is 19.8. The van der Waals surface area contributed by atoms with E-state index >= 15 is 0 Å². The van der Waals surface area contributed by atoms with E-state index in [0.29, 0.717) is 28.3 Å². The van der Waals surface area contributed by atoms with Crippen molar-refractivity contribution < 1.29 is 8.81 Å². The Morgan fingerprint density at radius 2 is 2.21 bits per heavy atom. The number of benzene rings is 1. The van der Waals surface area contributed by atoms with E-state index in [1.807, 2.05) is 0 Å². The van der Waals surface area contributed by atoms with Crippen molar-refractivity contribution in [2.75, 3.05) is 6.54 Å². The van der Waals surface area contributed by atoms with Crippen molar-refractivity contribution in [2.24, 2.45) is 5.92 Å². The average molecular weight is 327 g/mol. The highest BCUT2D eigenvalue weighted by molar-refractivity contribution is 9.10. The van der Waals surface area contributed by atoms with Gasteiger partial charge in [0.2, 0.25) is 0 Å². The number of nitrogens with zero attached hydrogens (tertiary/aromatic N) is 1. The number of oxazole rings is 1. The van der Waals surface area contributed by atoms with Crippen LogP contribution in [0.4, 0.5) is 4.39 Å². The number of aromatic nitrogens is 1. The van der Waals surface area contributed by atoms with Gasteiger partial charge in [-0.05, 0) is 40.5 Å². The molecule has 5 heteroatoms. The first-order valence-corrected chi connectivity index (χ1v) is 6.96. The Hall–Kier alpha value is -1.20. The third kappa shape index (κ3) is 3.42. The molecule has 3 nitrogen and oxygen atoms in total. The maximum atomic E-state index is 14.0. The molecule has 0 saturated carbocycles. The topological polar surface area (TPSA) is 38.1 Å². The molecule has 102 valence electrons. The summed E-state index contributed by atoms with van der Waals surface area (Å²) in [5.74, 6) is 0.706. The quantitative estimate of drug-likeness (QED) is 0.902. The molecule has 2 aromatic rings. The summed E-state index contributed by atoms with van der Waals surface area (Å²) in [5.41, 5.74) is 1.14. The van der Waals surface area contributed by atoms with E-state index in [4.69, 9.17) is 4.42 Å². The maximum Gasteiger partial charge on any atom is 0.181 e. The van der Waals surface area contributed by atoms with Gasteiger partial charge in [0.1, 0.15) is 11.5 Å². The molecule has 0 saturated heterocycles. The summed E-state index contributed by atoms with van der Waals surface area (Å²) >= 11 is 3.18. The minimum absolute atomic E-state index is 0.329. The summed E-state index contributed by atoms with van der Waals surface area (Å²) in [6.07, 6.45) is 1.35. The number of hydrogen-bond acceptors (Lipinski definition) is 3. The van der Waals surface area contributed by atoms with Crippen LogP contribution >= 0.6 is 15.9 Å². The summed E-state index contributed by atoms with van der Waals surface area (Å²) in [6.45, 7) is 5.71. The predicted molar refractivity (Wildman–Crippen MR) is 76.1 cm³/mol. The second kappa shape index (κ2) is 6.30. The van der Waals surface area contributed by atoms with Crippen LogP contribution in [0.5, 0.6) is 0 Å². The zero-order valence-electron chi connectivity index (χ0n) is 10.9. The van der Waals surface area contributed by atoms with E-state index in [2.05, 4.69) is 40.1 Å². The summed E-state index contributed by atoms with van der Waals surface area (Å²) in [7, 11) is 0. The first-order valence-electron chi connectivity index (χ1n) is 6.17. The lowest BCUT2D eigenvalue weighted by atomic mass is 10.1. The molecule has 0 radical (unpaired) electrons. The number of halogens is 2. The summed E-state index contributed by atoms with van der Waals surface area (Å²) in [4.78, 5) is 4.15. The van der Waals surface area contributed by atoms with Gasteiger partial charge in [-0.2, -0.15) is 0 Å². The molecular formula is C14H16BrFN2O. The molecule has 0 spiro atoms. The van der Waals surface area contributed by atoms with Gasteiger partial charge in [-0.1, -0.05) is 19.9 Å². The van der Waals surface area contributed by atoms with Crippen LogP contribution in [-0.2, 0) is 6.54 Å². The number of rotatable bonds is 5. The molecule has 0 fully saturated rings. The molecule has 0 aliphatic rings. The van der Waals surface area contributed by atoms with Crippen LogP contribution in [0.2, 0.25) is 0 Å². The minimum atomic E-state index is -0.329. The van der Waals surface area contributed by atoms with Crippen LogP contribution in [0.15, 0.2) is 33.5 Å². The molecule has 1 heterocycles. The van der Waals surface area contributed by atoms with E-state index in [0.717, 1.165) is 12.2 Å². The zero-order valence-corrected chi connectivity index (χ0v) is 12.5. The van der Waals surface area contributed by atoms with Crippen molar-refractivity contribution in [1.29, 1.82) is 0 Å². The predicted octanol–water partition coefficient (Wildman–Crippen LogP) is 3.99. The van der Waals surface area contributed by atoms with E-state index in [9.17, 15) is 4.39 Å². The molecule has 2 rings (SSSR count). The van der Waals surface area contributed by atoms with Crippen molar-refractivity contribution in [3.05, 3.63) is 40.6 Å². The second-order valence-corrected chi connectivity index (χ2v) is 5.61. The van der Waals surface area contributed by atoms with E-state index in [1.54, 1.807) is 18.2 Å². The normalized spacial score (nSPS) is 11.2. The Kier molecular flexibility index (Phi) is 4.71. The van der Waals surface area contributed by atoms with Crippen LogP contribution in [-0.4, -0.2) is 11.5 Å². The fourth-order valence-electron chi connectivity index (χ4n) is 1.77. The van der Waals surface area contributed by atoms with E-state index in [-0.39, 0.29) is 5.82 Å². The van der Waals surface area contributed by atoms with E-state index < -0.39 is 0 Å². The number of nitrogens with one attached hydrogen (secondary N) is 1. The van der Waals surface area contributed by atoms with Gasteiger partial charge in [-0.25, -0.2) is 9.37 Å². The van der Waals surface area contributed by atoms with Gasteiger partial charge in [0.15, 0.2) is 12.2 Å². The first kappa shape index (κ1) is 14.2. The molecule has 0 atom stereocenters. The van der Waals surface area contributed by atoms with Gasteiger partial charge in [0, 0.05) is 6.54 Å². The highest BCUT2D eigenvalue weighted by Crippen LogP contribution is 2.29. The lowest BCUT2D eigenvalue weighted by Crippen LogP contribution is -2.19. The molecule has 1 aromatic carbocycles. The second-order valence-electron chi connectivity index (χ2n) is 4.75. The van der Waals surface area contributed by atoms with Gasteiger partial charge in [0.25, 0.3) is 0 Å². The lowest BCUT2D eigenvalue weighted by Gasteiger charge is -2.07. The minimum Gasteiger partial charge on any atom is -0.443 e. The van der Waals surface area contributed by atoms with Gasteiger partial charge in [0.05, 0.1) is 10.0 Å².